The number of nitrogens with one attached hydrogen (secondary N) is 2. The molecular formula is C21H22N2O4. The summed E-state index contributed by atoms with van der Waals surface area (Å²) in [5.74, 6) is -0.0823. The molecule has 3 aromatic rings. The molecule has 140 valence electrons. The zero-order valence-corrected chi connectivity index (χ0v) is 15.5. The summed E-state index contributed by atoms with van der Waals surface area (Å²) in [6.45, 7) is 1.79. The zero-order chi connectivity index (χ0) is 19.4. The number of aromatic nitrogens is 1. The highest BCUT2D eigenvalue weighted by Crippen LogP contribution is 2.29. The summed E-state index contributed by atoms with van der Waals surface area (Å²) >= 11 is 0. The van der Waals surface area contributed by atoms with E-state index >= 15 is 0 Å². The molecule has 0 saturated carbocycles. The Bertz CT molecular complexity index is 946. The topological polar surface area (TPSA) is 80.4 Å². The fourth-order valence-electron chi connectivity index (χ4n) is 3.06. The van der Waals surface area contributed by atoms with Gasteiger partial charge in [0.15, 0.2) is 0 Å². The van der Waals surface area contributed by atoms with Crippen LogP contribution < -0.4 is 10.1 Å². The van der Waals surface area contributed by atoms with E-state index in [4.69, 9.17) is 9.47 Å². The maximum absolute atomic E-state index is 12.9. The Labute approximate surface area is 157 Å². The van der Waals surface area contributed by atoms with Gasteiger partial charge in [-0.25, -0.2) is 0 Å². The van der Waals surface area contributed by atoms with Crippen LogP contribution in [0, 0.1) is 0 Å². The van der Waals surface area contributed by atoms with Crippen LogP contribution in [0.1, 0.15) is 29.4 Å². The van der Waals surface area contributed by atoms with Gasteiger partial charge < -0.3 is 19.8 Å². The van der Waals surface area contributed by atoms with Crippen LogP contribution in [0.5, 0.6) is 5.75 Å². The number of methoxy groups -OCH3 is 2. The van der Waals surface area contributed by atoms with Crippen LogP contribution in [0.4, 0.5) is 0 Å². The number of esters is 1. The first-order valence-electron chi connectivity index (χ1n) is 8.57. The standard InChI is InChI=1S/C21H22N2O4/c1-21(13-19(24)27-3,15-8-6-9-16(12-15)26-2)23-20(25)18-11-14-7-4-5-10-17(14)22-18/h4-12,22H,13H2,1-3H3,(H,23,25)/t21-/m1/s1. The van der Waals surface area contributed by atoms with Crippen LogP contribution in [-0.4, -0.2) is 31.1 Å². The number of hydrogen-bond donors (Lipinski definition) is 2. The number of ether oxygens (including phenoxy) is 2. The zero-order valence-electron chi connectivity index (χ0n) is 15.5. The van der Waals surface area contributed by atoms with Gasteiger partial charge in [0.2, 0.25) is 0 Å². The smallest absolute Gasteiger partial charge is 0.308 e. The molecule has 1 amide bonds. The summed E-state index contributed by atoms with van der Waals surface area (Å²) in [4.78, 5) is 28.0. The van der Waals surface area contributed by atoms with Crippen molar-refractivity contribution in [3.8, 4) is 5.75 Å². The van der Waals surface area contributed by atoms with Crippen molar-refractivity contribution in [3.05, 3.63) is 65.9 Å². The molecule has 1 atom stereocenters. The fourth-order valence-corrected chi connectivity index (χ4v) is 3.06. The van der Waals surface area contributed by atoms with E-state index in [-0.39, 0.29) is 12.3 Å². The number of carbonyl (C=O) groups is 2. The third-order valence-corrected chi connectivity index (χ3v) is 4.60. The minimum Gasteiger partial charge on any atom is -0.497 e. The van der Waals surface area contributed by atoms with E-state index in [2.05, 4.69) is 10.3 Å². The molecule has 6 nitrogen and oxygen atoms in total. The number of carbonyl (C=O) groups excluding carboxylic acids is 2. The van der Waals surface area contributed by atoms with Crippen molar-refractivity contribution in [1.82, 2.24) is 10.3 Å². The van der Waals surface area contributed by atoms with Crippen LogP contribution in [0.3, 0.4) is 0 Å². The Hall–Kier alpha value is -3.28. The van der Waals surface area contributed by atoms with E-state index in [1.807, 2.05) is 42.5 Å². The quantitative estimate of drug-likeness (QED) is 0.656. The number of fused-ring (bicyclic) bond motifs is 1. The third-order valence-electron chi connectivity index (χ3n) is 4.60. The highest BCUT2D eigenvalue weighted by molar-refractivity contribution is 5.98. The predicted octanol–water partition coefficient (Wildman–Crippen LogP) is 3.38. The molecule has 0 spiro atoms. The molecule has 1 aromatic heterocycles. The van der Waals surface area contributed by atoms with Gasteiger partial charge in [-0.15, -0.1) is 0 Å². The molecule has 27 heavy (non-hydrogen) atoms. The fraction of sp³-hybridized carbons (Fsp3) is 0.238. The molecule has 0 fully saturated rings. The molecule has 1 heterocycles. The number of aromatic amines is 1. The average molecular weight is 366 g/mol. The predicted molar refractivity (Wildman–Crippen MR) is 103 cm³/mol. The summed E-state index contributed by atoms with van der Waals surface area (Å²) in [6, 6.07) is 16.7. The second kappa shape index (κ2) is 7.53. The maximum Gasteiger partial charge on any atom is 0.308 e. The highest BCUT2D eigenvalue weighted by Gasteiger charge is 2.33. The van der Waals surface area contributed by atoms with Crippen molar-refractivity contribution in [2.75, 3.05) is 14.2 Å². The molecule has 0 aliphatic heterocycles. The van der Waals surface area contributed by atoms with E-state index in [1.165, 1.54) is 7.11 Å². The molecule has 0 radical (unpaired) electrons. The minimum absolute atomic E-state index is 0.0113. The molecule has 0 bridgehead atoms. The summed E-state index contributed by atoms with van der Waals surface area (Å²) in [7, 11) is 2.90. The van der Waals surface area contributed by atoms with E-state index in [1.54, 1.807) is 26.2 Å². The number of H-pyrrole nitrogens is 1. The van der Waals surface area contributed by atoms with Crippen molar-refractivity contribution < 1.29 is 19.1 Å². The molecule has 0 aliphatic rings. The van der Waals surface area contributed by atoms with Crippen molar-refractivity contribution in [3.63, 3.8) is 0 Å². The lowest BCUT2D eigenvalue weighted by Gasteiger charge is -2.30. The van der Waals surface area contributed by atoms with Gasteiger partial charge in [-0.1, -0.05) is 30.3 Å². The van der Waals surface area contributed by atoms with Crippen LogP contribution in [-0.2, 0) is 15.1 Å². The van der Waals surface area contributed by atoms with Gasteiger partial charge in [0.05, 0.1) is 26.2 Å². The Balaban J connectivity index is 1.94. The number of amides is 1. The summed E-state index contributed by atoms with van der Waals surface area (Å²) in [5.41, 5.74) is 1.08. The van der Waals surface area contributed by atoms with E-state index in [0.29, 0.717) is 11.4 Å². The average Bonchev–Trinajstić information content (AvgIpc) is 3.12. The van der Waals surface area contributed by atoms with Gasteiger partial charge in [-0.05, 0) is 36.8 Å². The van der Waals surface area contributed by atoms with E-state index in [0.717, 1.165) is 16.5 Å². The van der Waals surface area contributed by atoms with Crippen molar-refractivity contribution in [2.24, 2.45) is 0 Å². The SMILES string of the molecule is COC(=O)C[C@@](C)(NC(=O)c1cc2ccccc2[nH]1)c1cccc(OC)c1. The molecule has 0 unspecified atom stereocenters. The lowest BCUT2D eigenvalue weighted by molar-refractivity contribution is -0.142. The maximum atomic E-state index is 12.9. The molecule has 2 aromatic carbocycles. The molecule has 0 aliphatic carbocycles. The number of rotatable bonds is 6. The van der Waals surface area contributed by atoms with Gasteiger partial charge in [0.1, 0.15) is 11.4 Å². The number of benzene rings is 2. The summed E-state index contributed by atoms with van der Waals surface area (Å²) < 4.78 is 10.1. The Morgan fingerprint density at radius 2 is 1.85 bits per heavy atom. The normalized spacial score (nSPS) is 13.0. The van der Waals surface area contributed by atoms with Gasteiger partial charge in [-0.2, -0.15) is 0 Å². The van der Waals surface area contributed by atoms with Crippen LogP contribution in [0.15, 0.2) is 54.6 Å². The largest absolute Gasteiger partial charge is 0.497 e. The monoisotopic (exact) mass is 366 g/mol. The van der Waals surface area contributed by atoms with Crippen LogP contribution >= 0.6 is 0 Å². The van der Waals surface area contributed by atoms with Crippen LogP contribution in [0.25, 0.3) is 10.9 Å². The van der Waals surface area contributed by atoms with Gasteiger partial charge in [0.25, 0.3) is 5.91 Å². The molecule has 0 saturated heterocycles. The number of hydrogen-bond acceptors (Lipinski definition) is 4. The van der Waals surface area contributed by atoms with Crippen molar-refractivity contribution >= 4 is 22.8 Å². The second-order valence-corrected chi connectivity index (χ2v) is 6.54. The van der Waals surface area contributed by atoms with Crippen LogP contribution in [0.2, 0.25) is 0 Å². The lowest BCUT2D eigenvalue weighted by atomic mass is 9.88. The Morgan fingerprint density at radius 1 is 1.07 bits per heavy atom. The van der Waals surface area contributed by atoms with Crippen molar-refractivity contribution in [2.45, 2.75) is 18.9 Å². The lowest BCUT2D eigenvalue weighted by Crippen LogP contribution is -2.45. The third kappa shape index (κ3) is 3.95. The Morgan fingerprint density at radius 3 is 2.56 bits per heavy atom. The van der Waals surface area contributed by atoms with E-state index < -0.39 is 11.5 Å². The van der Waals surface area contributed by atoms with Gasteiger partial charge in [-0.3, -0.25) is 9.59 Å². The van der Waals surface area contributed by atoms with Gasteiger partial charge >= 0.3 is 5.97 Å². The Kier molecular flexibility index (Phi) is 5.16. The molecular weight excluding hydrogens is 344 g/mol. The molecule has 3 rings (SSSR count). The summed E-state index contributed by atoms with van der Waals surface area (Å²) in [6.07, 6.45) is -0.0113. The minimum atomic E-state index is -0.962. The van der Waals surface area contributed by atoms with E-state index in [9.17, 15) is 9.59 Å². The molecule has 2 N–H and O–H groups in total. The highest BCUT2D eigenvalue weighted by atomic mass is 16.5. The first kappa shape index (κ1) is 18.5. The first-order valence-corrected chi connectivity index (χ1v) is 8.57. The first-order chi connectivity index (χ1) is 12.9. The number of para-hydroxylation sites is 1. The summed E-state index contributed by atoms with van der Waals surface area (Å²) in [5, 5.41) is 3.92. The van der Waals surface area contributed by atoms with Crippen molar-refractivity contribution in [1.29, 1.82) is 0 Å². The second-order valence-electron chi connectivity index (χ2n) is 6.54. The van der Waals surface area contributed by atoms with Gasteiger partial charge in [0, 0.05) is 10.9 Å². The molecule has 6 heteroatoms.